The highest BCUT2D eigenvalue weighted by Gasteiger charge is 2.21. The molecule has 4 heterocycles. The molecule has 0 amide bonds. The molecular weight excluding hydrogens is 390 g/mol. The zero-order chi connectivity index (χ0) is 21.1. The Morgan fingerprint density at radius 1 is 1.00 bits per heavy atom. The van der Waals surface area contributed by atoms with E-state index in [9.17, 15) is 4.79 Å². The van der Waals surface area contributed by atoms with Crippen molar-refractivity contribution in [2.24, 2.45) is 10.2 Å². The molecular formula is C17H15N11O2. The fourth-order valence-corrected chi connectivity index (χ4v) is 2.55. The second kappa shape index (κ2) is 7.83. The number of aryl methyl sites for hydroxylation is 1. The molecule has 4 aromatic heterocycles. The van der Waals surface area contributed by atoms with E-state index in [4.69, 9.17) is 10.5 Å². The SMILES string of the molecule is COC(=O)c1cnn(-c2ncccn2)c1N=Nc1c(C)nn(-c2ncccn2)c1N. The summed E-state index contributed by atoms with van der Waals surface area (Å²) in [5, 5.41) is 16.8. The second-order valence-electron chi connectivity index (χ2n) is 5.81. The summed E-state index contributed by atoms with van der Waals surface area (Å²) in [6, 6.07) is 3.33. The predicted octanol–water partition coefficient (Wildman–Crippen LogP) is 1.73. The highest BCUT2D eigenvalue weighted by atomic mass is 16.5. The number of nitrogen functional groups attached to an aromatic ring is 1. The Morgan fingerprint density at radius 2 is 1.60 bits per heavy atom. The fourth-order valence-electron chi connectivity index (χ4n) is 2.55. The van der Waals surface area contributed by atoms with Crippen molar-refractivity contribution in [3.05, 3.63) is 54.4 Å². The number of hydrogen-bond acceptors (Lipinski definition) is 11. The summed E-state index contributed by atoms with van der Waals surface area (Å²) in [5.41, 5.74) is 7.05. The minimum absolute atomic E-state index is 0.0792. The summed E-state index contributed by atoms with van der Waals surface area (Å²) in [6.07, 6.45) is 7.51. The van der Waals surface area contributed by atoms with Gasteiger partial charge in [0.15, 0.2) is 17.3 Å². The average Bonchev–Trinajstić information content (AvgIpc) is 3.33. The normalized spacial score (nSPS) is 11.1. The number of hydrogen-bond donors (Lipinski definition) is 1. The van der Waals surface area contributed by atoms with Gasteiger partial charge in [0.25, 0.3) is 11.9 Å². The number of aromatic nitrogens is 8. The van der Waals surface area contributed by atoms with Crippen LogP contribution in [0.25, 0.3) is 11.9 Å². The Kier molecular flexibility index (Phi) is 4.90. The van der Waals surface area contributed by atoms with Crippen LogP contribution in [-0.4, -0.2) is 52.6 Å². The lowest BCUT2D eigenvalue weighted by atomic mass is 10.3. The van der Waals surface area contributed by atoms with E-state index >= 15 is 0 Å². The third-order valence-electron chi connectivity index (χ3n) is 3.94. The molecule has 13 heteroatoms. The van der Waals surface area contributed by atoms with Crippen molar-refractivity contribution in [3.63, 3.8) is 0 Å². The van der Waals surface area contributed by atoms with E-state index in [1.165, 1.54) is 35.1 Å². The van der Waals surface area contributed by atoms with Crippen LogP contribution in [0.5, 0.6) is 0 Å². The lowest BCUT2D eigenvalue weighted by Crippen LogP contribution is -2.05. The average molecular weight is 405 g/mol. The van der Waals surface area contributed by atoms with Crippen LogP contribution < -0.4 is 5.73 Å². The summed E-state index contributed by atoms with van der Waals surface area (Å²) < 4.78 is 7.41. The minimum atomic E-state index is -0.635. The maximum atomic E-state index is 12.1. The molecule has 0 radical (unpaired) electrons. The van der Waals surface area contributed by atoms with Crippen molar-refractivity contribution >= 4 is 23.3 Å². The molecule has 0 atom stereocenters. The first-order valence-electron chi connectivity index (χ1n) is 8.58. The number of anilines is 1. The van der Waals surface area contributed by atoms with Gasteiger partial charge in [0.1, 0.15) is 5.56 Å². The number of rotatable bonds is 5. The van der Waals surface area contributed by atoms with Crippen LogP contribution >= 0.6 is 0 Å². The molecule has 0 saturated carbocycles. The van der Waals surface area contributed by atoms with Gasteiger partial charge >= 0.3 is 5.97 Å². The quantitative estimate of drug-likeness (QED) is 0.384. The molecule has 0 aromatic carbocycles. The maximum absolute atomic E-state index is 12.1. The van der Waals surface area contributed by atoms with Crippen molar-refractivity contribution in [1.82, 2.24) is 39.5 Å². The monoisotopic (exact) mass is 405 g/mol. The van der Waals surface area contributed by atoms with E-state index in [1.807, 2.05) is 0 Å². The number of methoxy groups -OCH3 is 1. The number of nitrogens with zero attached hydrogens (tertiary/aromatic N) is 10. The highest BCUT2D eigenvalue weighted by Crippen LogP contribution is 2.31. The summed E-state index contributed by atoms with van der Waals surface area (Å²) in [6.45, 7) is 1.71. The molecule has 0 aliphatic heterocycles. The van der Waals surface area contributed by atoms with Crippen molar-refractivity contribution in [1.29, 1.82) is 0 Å². The fraction of sp³-hybridized carbons (Fsp3) is 0.118. The van der Waals surface area contributed by atoms with Gasteiger partial charge < -0.3 is 10.5 Å². The van der Waals surface area contributed by atoms with E-state index in [-0.39, 0.29) is 29.1 Å². The van der Waals surface area contributed by atoms with Gasteiger partial charge in [-0.05, 0) is 19.1 Å². The van der Waals surface area contributed by atoms with Crippen molar-refractivity contribution in [2.75, 3.05) is 12.8 Å². The molecule has 0 spiro atoms. The van der Waals surface area contributed by atoms with Gasteiger partial charge in [0.05, 0.1) is 19.0 Å². The summed E-state index contributed by atoms with van der Waals surface area (Å²) in [5.74, 6) is 0.126. The molecule has 0 bridgehead atoms. The number of carbonyl (C=O) groups is 1. The molecule has 0 unspecified atom stereocenters. The number of carbonyl (C=O) groups excluding carboxylic acids is 1. The molecule has 150 valence electrons. The third kappa shape index (κ3) is 3.34. The predicted molar refractivity (Wildman–Crippen MR) is 103 cm³/mol. The third-order valence-corrected chi connectivity index (χ3v) is 3.94. The molecule has 2 N–H and O–H groups in total. The van der Waals surface area contributed by atoms with E-state index < -0.39 is 5.97 Å². The van der Waals surface area contributed by atoms with Crippen LogP contribution in [0.1, 0.15) is 16.1 Å². The highest BCUT2D eigenvalue weighted by molar-refractivity contribution is 5.93. The maximum Gasteiger partial charge on any atom is 0.343 e. The van der Waals surface area contributed by atoms with E-state index in [1.54, 1.807) is 31.5 Å². The first kappa shape index (κ1) is 18.8. The van der Waals surface area contributed by atoms with Crippen molar-refractivity contribution in [2.45, 2.75) is 6.92 Å². The molecule has 13 nitrogen and oxygen atoms in total. The largest absolute Gasteiger partial charge is 0.465 e. The van der Waals surface area contributed by atoms with Gasteiger partial charge in [0, 0.05) is 24.8 Å². The van der Waals surface area contributed by atoms with Crippen LogP contribution in [0.4, 0.5) is 17.3 Å². The van der Waals surface area contributed by atoms with Crippen LogP contribution in [0.15, 0.2) is 53.3 Å². The zero-order valence-corrected chi connectivity index (χ0v) is 15.9. The Bertz CT molecular complexity index is 1220. The molecule has 0 saturated heterocycles. The number of nitrogens with two attached hydrogens (primary N) is 1. The summed E-state index contributed by atoms with van der Waals surface area (Å²) in [4.78, 5) is 28.6. The zero-order valence-electron chi connectivity index (χ0n) is 15.9. The van der Waals surface area contributed by atoms with Gasteiger partial charge in [-0.25, -0.2) is 24.7 Å². The number of ether oxygens (including phenoxy) is 1. The first-order valence-corrected chi connectivity index (χ1v) is 8.58. The standard InChI is InChI=1S/C17H15N11O2/c1-10-12(13(18)27(26-10)16-19-5-3-6-20-16)24-25-14-11(15(29)30-2)9-23-28(14)17-21-7-4-8-22-17/h3-9H,18H2,1-2H3. The van der Waals surface area contributed by atoms with Crippen LogP contribution in [-0.2, 0) is 4.74 Å². The number of esters is 1. The minimum Gasteiger partial charge on any atom is -0.465 e. The van der Waals surface area contributed by atoms with Gasteiger partial charge in [0.2, 0.25) is 0 Å². The lowest BCUT2D eigenvalue weighted by molar-refractivity contribution is 0.0601. The van der Waals surface area contributed by atoms with Gasteiger partial charge in [-0.15, -0.1) is 10.2 Å². The first-order chi connectivity index (χ1) is 14.6. The molecule has 0 aliphatic rings. The summed E-state index contributed by atoms with van der Waals surface area (Å²) >= 11 is 0. The van der Waals surface area contributed by atoms with Crippen LogP contribution in [0.2, 0.25) is 0 Å². The van der Waals surface area contributed by atoms with E-state index in [0.717, 1.165) is 0 Å². The molecule has 0 aliphatic carbocycles. The number of azo groups is 1. The topological polar surface area (TPSA) is 164 Å². The van der Waals surface area contributed by atoms with Crippen molar-refractivity contribution < 1.29 is 9.53 Å². The van der Waals surface area contributed by atoms with Crippen LogP contribution in [0.3, 0.4) is 0 Å². The van der Waals surface area contributed by atoms with E-state index in [2.05, 4.69) is 40.4 Å². The van der Waals surface area contributed by atoms with Gasteiger partial charge in [-0.3, -0.25) is 0 Å². The molecule has 0 fully saturated rings. The Hall–Kier alpha value is -4.55. The second-order valence-corrected chi connectivity index (χ2v) is 5.81. The van der Waals surface area contributed by atoms with Gasteiger partial charge in [-0.2, -0.15) is 19.6 Å². The Morgan fingerprint density at radius 3 is 2.20 bits per heavy atom. The van der Waals surface area contributed by atoms with Crippen molar-refractivity contribution in [3.8, 4) is 11.9 Å². The van der Waals surface area contributed by atoms with E-state index in [0.29, 0.717) is 11.4 Å². The lowest BCUT2D eigenvalue weighted by Gasteiger charge is -2.02. The summed E-state index contributed by atoms with van der Waals surface area (Å²) in [7, 11) is 1.26. The van der Waals surface area contributed by atoms with Crippen LogP contribution in [0, 0.1) is 6.92 Å². The smallest absolute Gasteiger partial charge is 0.343 e. The molecule has 4 aromatic rings. The Balaban J connectivity index is 1.79. The Labute approximate surface area is 169 Å². The molecule has 30 heavy (non-hydrogen) atoms. The van der Waals surface area contributed by atoms with Gasteiger partial charge in [-0.1, -0.05) is 0 Å². The molecule has 4 rings (SSSR count).